The van der Waals surface area contributed by atoms with Crippen LogP contribution in [0.25, 0.3) is 0 Å². The molecule has 1 aromatic carbocycles. The van der Waals surface area contributed by atoms with E-state index in [1.165, 1.54) is 36.9 Å². The lowest BCUT2D eigenvalue weighted by Crippen LogP contribution is -2.23. The summed E-state index contributed by atoms with van der Waals surface area (Å²) in [6.07, 6.45) is 3.98. The van der Waals surface area contributed by atoms with Crippen molar-refractivity contribution in [3.8, 4) is 0 Å². The Hall–Kier alpha value is -0.860. The van der Waals surface area contributed by atoms with Crippen LogP contribution in [0, 0.1) is 5.92 Å². The fourth-order valence-corrected chi connectivity index (χ4v) is 2.42. The summed E-state index contributed by atoms with van der Waals surface area (Å²) in [5, 5.41) is 3.58. The Morgan fingerprint density at radius 3 is 2.74 bits per heavy atom. The summed E-state index contributed by atoms with van der Waals surface area (Å²) in [6, 6.07) is 9.80. The second kappa shape index (κ2) is 7.06. The van der Waals surface area contributed by atoms with Gasteiger partial charge >= 0.3 is 0 Å². The standard InChI is InChI=1S/C17H28N2/c1-4-14(2)12-19(3)13-16-7-5-6-15(10-16)11-18-17-8-9-17/h5-7,10,14,17-18H,4,8-9,11-13H2,1-3H3. The van der Waals surface area contributed by atoms with Crippen LogP contribution in [0.2, 0.25) is 0 Å². The lowest BCUT2D eigenvalue weighted by Gasteiger charge is -2.20. The summed E-state index contributed by atoms with van der Waals surface area (Å²) >= 11 is 0. The molecule has 0 amide bonds. The van der Waals surface area contributed by atoms with Crippen molar-refractivity contribution in [1.82, 2.24) is 10.2 Å². The Labute approximate surface area is 118 Å². The van der Waals surface area contributed by atoms with E-state index >= 15 is 0 Å². The van der Waals surface area contributed by atoms with Gasteiger partial charge in [0.25, 0.3) is 0 Å². The molecule has 19 heavy (non-hydrogen) atoms. The highest BCUT2D eigenvalue weighted by atomic mass is 15.1. The second-order valence-corrected chi connectivity index (χ2v) is 6.19. The SMILES string of the molecule is CCC(C)CN(C)Cc1cccc(CNC2CC2)c1. The van der Waals surface area contributed by atoms with E-state index in [2.05, 4.69) is 55.4 Å². The molecule has 1 saturated carbocycles. The van der Waals surface area contributed by atoms with E-state index in [4.69, 9.17) is 0 Å². The average Bonchev–Trinajstić information content (AvgIpc) is 3.20. The quantitative estimate of drug-likeness (QED) is 0.770. The number of nitrogens with one attached hydrogen (secondary N) is 1. The Morgan fingerprint density at radius 1 is 1.32 bits per heavy atom. The van der Waals surface area contributed by atoms with Crippen LogP contribution in [0.15, 0.2) is 24.3 Å². The van der Waals surface area contributed by atoms with Crippen LogP contribution in [-0.4, -0.2) is 24.5 Å². The average molecular weight is 260 g/mol. The normalized spacial score (nSPS) is 16.8. The Balaban J connectivity index is 1.83. The van der Waals surface area contributed by atoms with Crippen LogP contribution in [0.3, 0.4) is 0 Å². The van der Waals surface area contributed by atoms with Crippen molar-refractivity contribution >= 4 is 0 Å². The number of hydrogen-bond acceptors (Lipinski definition) is 2. The van der Waals surface area contributed by atoms with E-state index in [-0.39, 0.29) is 0 Å². The highest BCUT2D eigenvalue weighted by Crippen LogP contribution is 2.19. The maximum absolute atomic E-state index is 3.58. The molecule has 0 heterocycles. The third kappa shape index (κ3) is 5.33. The number of hydrogen-bond donors (Lipinski definition) is 1. The lowest BCUT2D eigenvalue weighted by molar-refractivity contribution is 0.275. The van der Waals surface area contributed by atoms with Gasteiger partial charge in [-0.25, -0.2) is 0 Å². The predicted molar refractivity (Wildman–Crippen MR) is 82.1 cm³/mol. The molecule has 1 N–H and O–H groups in total. The minimum absolute atomic E-state index is 0.782. The topological polar surface area (TPSA) is 15.3 Å². The van der Waals surface area contributed by atoms with Gasteiger partial charge in [-0.2, -0.15) is 0 Å². The molecule has 2 rings (SSSR count). The Morgan fingerprint density at radius 2 is 2.05 bits per heavy atom. The van der Waals surface area contributed by atoms with Crippen molar-refractivity contribution < 1.29 is 0 Å². The van der Waals surface area contributed by atoms with Crippen molar-refractivity contribution in [3.63, 3.8) is 0 Å². The molecular formula is C17H28N2. The summed E-state index contributed by atoms with van der Waals surface area (Å²) in [5.74, 6) is 0.782. The number of nitrogens with zero attached hydrogens (tertiary/aromatic N) is 1. The van der Waals surface area contributed by atoms with Crippen LogP contribution in [0.1, 0.15) is 44.2 Å². The van der Waals surface area contributed by atoms with Crippen molar-refractivity contribution in [2.75, 3.05) is 13.6 Å². The van der Waals surface area contributed by atoms with E-state index in [0.717, 1.165) is 25.0 Å². The Bertz CT molecular complexity index is 385. The number of benzene rings is 1. The third-order valence-electron chi connectivity index (χ3n) is 3.94. The molecule has 1 atom stereocenters. The molecule has 2 nitrogen and oxygen atoms in total. The van der Waals surface area contributed by atoms with Crippen LogP contribution in [0.5, 0.6) is 0 Å². The van der Waals surface area contributed by atoms with Gasteiger partial charge in [-0.1, -0.05) is 44.5 Å². The molecular weight excluding hydrogens is 232 g/mol. The van der Waals surface area contributed by atoms with E-state index in [1.54, 1.807) is 0 Å². The van der Waals surface area contributed by atoms with Gasteiger partial charge in [0.2, 0.25) is 0 Å². The fraction of sp³-hybridized carbons (Fsp3) is 0.647. The molecule has 1 fully saturated rings. The summed E-state index contributed by atoms with van der Waals surface area (Å²) in [4.78, 5) is 2.43. The maximum atomic E-state index is 3.58. The Kier molecular flexibility index (Phi) is 5.41. The van der Waals surface area contributed by atoms with E-state index in [0.29, 0.717) is 0 Å². The largest absolute Gasteiger partial charge is 0.310 e. The molecule has 0 radical (unpaired) electrons. The first-order valence-corrected chi connectivity index (χ1v) is 7.67. The molecule has 2 heteroatoms. The van der Waals surface area contributed by atoms with Crippen molar-refractivity contribution in [2.24, 2.45) is 5.92 Å². The van der Waals surface area contributed by atoms with Gasteiger partial charge in [0.05, 0.1) is 0 Å². The van der Waals surface area contributed by atoms with Crippen LogP contribution < -0.4 is 5.32 Å². The zero-order chi connectivity index (χ0) is 13.7. The molecule has 0 bridgehead atoms. The van der Waals surface area contributed by atoms with E-state index in [9.17, 15) is 0 Å². The molecule has 0 aromatic heterocycles. The minimum Gasteiger partial charge on any atom is -0.310 e. The van der Waals surface area contributed by atoms with Gasteiger partial charge in [0.15, 0.2) is 0 Å². The summed E-state index contributed by atoms with van der Waals surface area (Å²) in [5.41, 5.74) is 2.85. The minimum atomic E-state index is 0.782. The maximum Gasteiger partial charge on any atom is 0.0230 e. The van der Waals surface area contributed by atoms with Crippen molar-refractivity contribution in [2.45, 2.75) is 52.2 Å². The van der Waals surface area contributed by atoms with Gasteiger partial charge in [0.1, 0.15) is 0 Å². The summed E-state index contributed by atoms with van der Waals surface area (Å²) in [6.45, 7) is 7.85. The molecule has 1 aromatic rings. The highest BCUT2D eigenvalue weighted by Gasteiger charge is 2.19. The van der Waals surface area contributed by atoms with Gasteiger partial charge in [0, 0.05) is 25.7 Å². The third-order valence-corrected chi connectivity index (χ3v) is 3.94. The van der Waals surface area contributed by atoms with Crippen molar-refractivity contribution in [1.29, 1.82) is 0 Å². The van der Waals surface area contributed by atoms with Gasteiger partial charge in [-0.05, 0) is 36.9 Å². The molecule has 106 valence electrons. The van der Waals surface area contributed by atoms with Crippen LogP contribution in [-0.2, 0) is 13.1 Å². The zero-order valence-electron chi connectivity index (χ0n) is 12.7. The first kappa shape index (κ1) is 14.5. The van der Waals surface area contributed by atoms with Crippen LogP contribution in [0.4, 0.5) is 0 Å². The van der Waals surface area contributed by atoms with E-state index in [1.807, 2.05) is 0 Å². The van der Waals surface area contributed by atoms with Crippen LogP contribution >= 0.6 is 0 Å². The second-order valence-electron chi connectivity index (χ2n) is 6.19. The van der Waals surface area contributed by atoms with Gasteiger partial charge in [-0.15, -0.1) is 0 Å². The lowest BCUT2D eigenvalue weighted by atomic mass is 10.1. The number of rotatable bonds is 8. The molecule has 1 aliphatic carbocycles. The fourth-order valence-electron chi connectivity index (χ4n) is 2.42. The zero-order valence-corrected chi connectivity index (χ0v) is 12.7. The smallest absolute Gasteiger partial charge is 0.0230 e. The van der Waals surface area contributed by atoms with Gasteiger partial charge < -0.3 is 10.2 Å². The molecule has 0 aliphatic heterocycles. The monoisotopic (exact) mass is 260 g/mol. The molecule has 0 spiro atoms. The van der Waals surface area contributed by atoms with Crippen molar-refractivity contribution in [3.05, 3.63) is 35.4 Å². The first-order valence-electron chi connectivity index (χ1n) is 7.67. The first-order chi connectivity index (χ1) is 9.17. The van der Waals surface area contributed by atoms with E-state index < -0.39 is 0 Å². The van der Waals surface area contributed by atoms with Gasteiger partial charge in [-0.3, -0.25) is 0 Å². The molecule has 1 aliphatic rings. The molecule has 1 unspecified atom stereocenters. The summed E-state index contributed by atoms with van der Waals surface area (Å²) in [7, 11) is 2.22. The molecule has 0 saturated heterocycles. The predicted octanol–water partition coefficient (Wildman–Crippen LogP) is 3.42. The summed E-state index contributed by atoms with van der Waals surface area (Å²) < 4.78 is 0. The highest BCUT2D eigenvalue weighted by molar-refractivity contribution is 5.23.